The molecule has 3 nitrogen and oxygen atoms in total. The number of thiophene rings is 1. The van der Waals surface area contributed by atoms with Gasteiger partial charge in [-0.1, -0.05) is 18.2 Å². The van der Waals surface area contributed by atoms with Crippen LogP contribution in [0.3, 0.4) is 0 Å². The van der Waals surface area contributed by atoms with Crippen LogP contribution in [0.15, 0.2) is 41.8 Å². The number of hydrogen-bond donors (Lipinski definition) is 1. The Balaban J connectivity index is 1.61. The summed E-state index contributed by atoms with van der Waals surface area (Å²) in [4.78, 5) is 6.05. The molecule has 0 aliphatic heterocycles. The highest BCUT2D eigenvalue weighted by Crippen LogP contribution is 2.14. The van der Waals surface area contributed by atoms with Crippen LogP contribution >= 0.6 is 11.3 Å². The maximum absolute atomic E-state index is 4.67. The minimum absolute atomic E-state index is 0.946. The van der Waals surface area contributed by atoms with E-state index in [4.69, 9.17) is 0 Å². The lowest BCUT2D eigenvalue weighted by Crippen LogP contribution is -2.17. The molecular formula is C15H17N3S. The molecule has 2 aromatic heterocycles. The van der Waals surface area contributed by atoms with Crippen LogP contribution in [0.2, 0.25) is 0 Å². The molecule has 0 atom stereocenters. The maximum atomic E-state index is 4.67. The molecule has 2 heterocycles. The molecule has 3 aromatic rings. The fraction of sp³-hybridized carbons (Fsp3) is 0.267. The lowest BCUT2D eigenvalue weighted by Gasteiger charge is -2.04. The summed E-state index contributed by atoms with van der Waals surface area (Å²) in [7, 11) is 2.09. The van der Waals surface area contributed by atoms with Gasteiger partial charge in [0.1, 0.15) is 5.82 Å². The number of rotatable bonds is 5. The van der Waals surface area contributed by atoms with Crippen molar-refractivity contribution in [3.05, 3.63) is 52.5 Å². The fourth-order valence-corrected chi connectivity index (χ4v) is 2.92. The second-order valence-corrected chi connectivity index (χ2v) is 5.61. The zero-order valence-corrected chi connectivity index (χ0v) is 11.8. The van der Waals surface area contributed by atoms with Crippen LogP contribution in [0.4, 0.5) is 0 Å². The summed E-state index contributed by atoms with van der Waals surface area (Å²) in [6, 6.07) is 12.5. The third-order valence-electron chi connectivity index (χ3n) is 3.28. The summed E-state index contributed by atoms with van der Waals surface area (Å²) in [5.74, 6) is 1.14. The molecule has 0 aliphatic rings. The normalized spacial score (nSPS) is 11.2. The predicted molar refractivity (Wildman–Crippen MR) is 80.4 cm³/mol. The average molecular weight is 271 g/mol. The van der Waals surface area contributed by atoms with Crippen molar-refractivity contribution in [2.75, 3.05) is 6.54 Å². The van der Waals surface area contributed by atoms with Crippen molar-refractivity contribution in [3.8, 4) is 0 Å². The van der Waals surface area contributed by atoms with Crippen LogP contribution in [0.25, 0.3) is 11.0 Å². The Morgan fingerprint density at radius 1 is 1.21 bits per heavy atom. The molecule has 98 valence electrons. The smallest absolute Gasteiger partial charge is 0.110 e. The molecule has 0 amide bonds. The molecule has 0 bridgehead atoms. The number of nitrogens with one attached hydrogen (secondary N) is 1. The van der Waals surface area contributed by atoms with E-state index in [1.165, 1.54) is 10.4 Å². The Morgan fingerprint density at radius 3 is 2.89 bits per heavy atom. The van der Waals surface area contributed by atoms with Gasteiger partial charge in [0.05, 0.1) is 11.0 Å². The molecule has 0 fully saturated rings. The van der Waals surface area contributed by atoms with Crippen LogP contribution in [0.1, 0.15) is 10.7 Å². The van der Waals surface area contributed by atoms with Crippen molar-refractivity contribution in [2.24, 2.45) is 7.05 Å². The van der Waals surface area contributed by atoms with Crippen molar-refractivity contribution in [1.82, 2.24) is 14.9 Å². The van der Waals surface area contributed by atoms with Gasteiger partial charge >= 0.3 is 0 Å². The molecule has 1 N–H and O–H groups in total. The quantitative estimate of drug-likeness (QED) is 0.723. The highest BCUT2D eigenvalue weighted by Gasteiger charge is 2.06. The zero-order valence-electron chi connectivity index (χ0n) is 11.0. The SMILES string of the molecule is Cn1c(CCNCc2cccs2)nc2ccccc21. The summed E-state index contributed by atoms with van der Waals surface area (Å²) in [6.07, 6.45) is 0.955. The molecule has 3 rings (SSSR count). The molecule has 1 aromatic carbocycles. The third-order valence-corrected chi connectivity index (χ3v) is 4.16. The number of imidazole rings is 1. The monoisotopic (exact) mass is 271 g/mol. The third kappa shape index (κ3) is 2.69. The Hall–Kier alpha value is -1.65. The van der Waals surface area contributed by atoms with Crippen LogP contribution < -0.4 is 5.32 Å². The van der Waals surface area contributed by atoms with Crippen molar-refractivity contribution in [1.29, 1.82) is 0 Å². The highest BCUT2D eigenvalue weighted by atomic mass is 32.1. The van der Waals surface area contributed by atoms with Crippen molar-refractivity contribution < 1.29 is 0 Å². The second kappa shape index (κ2) is 5.55. The number of fused-ring (bicyclic) bond motifs is 1. The van der Waals surface area contributed by atoms with Gasteiger partial charge in [0.15, 0.2) is 0 Å². The fourth-order valence-electron chi connectivity index (χ4n) is 2.24. The summed E-state index contributed by atoms with van der Waals surface area (Å²) in [5.41, 5.74) is 2.29. The first kappa shape index (κ1) is 12.4. The number of nitrogens with zero attached hydrogens (tertiary/aromatic N) is 2. The molecular weight excluding hydrogens is 254 g/mol. The largest absolute Gasteiger partial charge is 0.331 e. The topological polar surface area (TPSA) is 29.9 Å². The minimum Gasteiger partial charge on any atom is -0.331 e. The number of aromatic nitrogens is 2. The Bertz CT molecular complexity index is 655. The van der Waals surface area contributed by atoms with Crippen LogP contribution in [0.5, 0.6) is 0 Å². The van der Waals surface area contributed by atoms with Crippen LogP contribution in [-0.4, -0.2) is 16.1 Å². The van der Waals surface area contributed by atoms with Gasteiger partial charge in [0.2, 0.25) is 0 Å². The van der Waals surface area contributed by atoms with Crippen LogP contribution in [-0.2, 0) is 20.0 Å². The zero-order chi connectivity index (χ0) is 13.1. The number of para-hydroxylation sites is 2. The van der Waals surface area contributed by atoms with E-state index in [1.54, 1.807) is 11.3 Å². The Morgan fingerprint density at radius 2 is 2.11 bits per heavy atom. The van der Waals surface area contributed by atoms with Crippen molar-refractivity contribution >= 4 is 22.4 Å². The molecule has 0 aliphatic carbocycles. The van der Waals surface area contributed by atoms with E-state index >= 15 is 0 Å². The van der Waals surface area contributed by atoms with E-state index in [1.807, 2.05) is 6.07 Å². The molecule has 4 heteroatoms. The lowest BCUT2D eigenvalue weighted by molar-refractivity contribution is 0.663. The Kier molecular flexibility index (Phi) is 3.62. The molecule has 0 radical (unpaired) electrons. The molecule has 0 spiro atoms. The summed E-state index contributed by atoms with van der Waals surface area (Å²) in [6.45, 7) is 1.90. The summed E-state index contributed by atoms with van der Waals surface area (Å²) >= 11 is 1.79. The number of benzene rings is 1. The van der Waals surface area contributed by atoms with E-state index < -0.39 is 0 Å². The Labute approximate surface area is 116 Å². The molecule has 0 unspecified atom stereocenters. The maximum Gasteiger partial charge on any atom is 0.110 e. The van der Waals surface area contributed by atoms with Crippen molar-refractivity contribution in [3.63, 3.8) is 0 Å². The lowest BCUT2D eigenvalue weighted by atomic mass is 10.3. The van der Waals surface area contributed by atoms with E-state index in [-0.39, 0.29) is 0 Å². The van der Waals surface area contributed by atoms with Gasteiger partial charge in [-0.15, -0.1) is 11.3 Å². The average Bonchev–Trinajstić information content (AvgIpc) is 3.04. The molecule has 19 heavy (non-hydrogen) atoms. The number of hydrogen-bond acceptors (Lipinski definition) is 3. The first-order valence-corrected chi connectivity index (χ1v) is 7.36. The van der Waals surface area contributed by atoms with Gasteiger partial charge in [-0.3, -0.25) is 0 Å². The van der Waals surface area contributed by atoms with E-state index in [0.29, 0.717) is 0 Å². The highest BCUT2D eigenvalue weighted by molar-refractivity contribution is 7.09. The first-order chi connectivity index (χ1) is 9.34. The van der Waals surface area contributed by atoms with Gasteiger partial charge in [0.25, 0.3) is 0 Å². The summed E-state index contributed by atoms with van der Waals surface area (Å²) in [5, 5.41) is 5.58. The molecule has 0 saturated heterocycles. The summed E-state index contributed by atoms with van der Waals surface area (Å²) < 4.78 is 2.18. The first-order valence-electron chi connectivity index (χ1n) is 6.48. The standard InChI is InChI=1S/C15H17N3S/c1-18-14-7-3-2-6-13(14)17-15(18)8-9-16-11-12-5-4-10-19-12/h2-7,10,16H,8-9,11H2,1H3. The second-order valence-electron chi connectivity index (χ2n) is 4.58. The van der Waals surface area contributed by atoms with Gasteiger partial charge in [-0.25, -0.2) is 4.98 Å². The van der Waals surface area contributed by atoms with E-state index in [0.717, 1.165) is 30.9 Å². The minimum atomic E-state index is 0.946. The van der Waals surface area contributed by atoms with Gasteiger partial charge in [0, 0.05) is 31.4 Å². The molecule has 0 saturated carbocycles. The van der Waals surface area contributed by atoms with Crippen LogP contribution in [0, 0.1) is 0 Å². The predicted octanol–water partition coefficient (Wildman–Crippen LogP) is 2.97. The van der Waals surface area contributed by atoms with E-state index in [2.05, 4.69) is 57.6 Å². The van der Waals surface area contributed by atoms with Gasteiger partial charge < -0.3 is 9.88 Å². The van der Waals surface area contributed by atoms with E-state index in [9.17, 15) is 0 Å². The van der Waals surface area contributed by atoms with Gasteiger partial charge in [-0.2, -0.15) is 0 Å². The van der Waals surface area contributed by atoms with Crippen molar-refractivity contribution in [2.45, 2.75) is 13.0 Å². The number of aryl methyl sites for hydroxylation is 1. The van der Waals surface area contributed by atoms with Gasteiger partial charge in [-0.05, 0) is 23.6 Å².